The molecule has 0 aliphatic heterocycles. The number of benzene rings is 2. The van der Waals surface area contributed by atoms with E-state index in [0.717, 1.165) is 0 Å². The van der Waals surface area contributed by atoms with E-state index in [1.54, 1.807) is 48.5 Å². The summed E-state index contributed by atoms with van der Waals surface area (Å²) in [6, 6.07) is 14.9. The summed E-state index contributed by atoms with van der Waals surface area (Å²) in [5, 5.41) is 10.3. The Morgan fingerprint density at radius 3 is 2.64 bits per heavy atom. The SMILES string of the molecule is COC(=O)c1cccc(COC(=O)c2cc(O)nc3ccccc23)c1. The molecule has 0 unspecified atom stereocenters. The van der Waals surface area contributed by atoms with E-state index in [0.29, 0.717) is 22.0 Å². The average Bonchev–Trinajstić information content (AvgIpc) is 2.65. The maximum atomic E-state index is 12.4. The Balaban J connectivity index is 1.81. The Kier molecular flexibility index (Phi) is 4.61. The van der Waals surface area contributed by atoms with Crippen molar-refractivity contribution in [2.24, 2.45) is 0 Å². The van der Waals surface area contributed by atoms with Crippen LogP contribution in [-0.4, -0.2) is 29.1 Å². The molecule has 1 heterocycles. The summed E-state index contributed by atoms with van der Waals surface area (Å²) in [4.78, 5) is 27.9. The van der Waals surface area contributed by atoms with E-state index >= 15 is 0 Å². The summed E-state index contributed by atoms with van der Waals surface area (Å²) >= 11 is 0. The topological polar surface area (TPSA) is 85.7 Å². The molecule has 6 nitrogen and oxygen atoms in total. The van der Waals surface area contributed by atoms with Crippen molar-refractivity contribution in [1.29, 1.82) is 0 Å². The van der Waals surface area contributed by atoms with Gasteiger partial charge in [0.15, 0.2) is 0 Å². The van der Waals surface area contributed by atoms with Crippen LogP contribution in [0.15, 0.2) is 54.6 Å². The third-order valence-corrected chi connectivity index (χ3v) is 3.64. The zero-order chi connectivity index (χ0) is 17.8. The van der Waals surface area contributed by atoms with Gasteiger partial charge in [-0.2, -0.15) is 0 Å². The van der Waals surface area contributed by atoms with Crippen LogP contribution in [0.2, 0.25) is 0 Å². The number of carbonyl (C=O) groups is 2. The van der Waals surface area contributed by atoms with Gasteiger partial charge < -0.3 is 14.6 Å². The van der Waals surface area contributed by atoms with E-state index in [4.69, 9.17) is 4.74 Å². The molecule has 6 heteroatoms. The molecule has 2 aromatic carbocycles. The van der Waals surface area contributed by atoms with Crippen molar-refractivity contribution >= 4 is 22.8 Å². The zero-order valence-electron chi connectivity index (χ0n) is 13.4. The first kappa shape index (κ1) is 16.4. The summed E-state index contributed by atoms with van der Waals surface area (Å²) in [5.74, 6) is -1.30. The van der Waals surface area contributed by atoms with Crippen LogP contribution in [0.25, 0.3) is 10.9 Å². The standard InChI is InChI=1S/C19H15NO5/c1-24-18(22)13-6-4-5-12(9-13)11-25-19(23)15-10-17(21)20-16-8-3-2-7-14(15)16/h2-10H,11H2,1H3,(H,20,21). The molecule has 0 aliphatic rings. The number of pyridine rings is 1. The quantitative estimate of drug-likeness (QED) is 0.736. The van der Waals surface area contributed by atoms with E-state index in [9.17, 15) is 14.7 Å². The second kappa shape index (κ2) is 7.00. The average molecular weight is 337 g/mol. The number of para-hydroxylation sites is 1. The number of hydrogen-bond acceptors (Lipinski definition) is 6. The Labute approximate surface area is 143 Å². The lowest BCUT2D eigenvalue weighted by molar-refractivity contribution is 0.0474. The van der Waals surface area contributed by atoms with Gasteiger partial charge in [0.25, 0.3) is 0 Å². The van der Waals surface area contributed by atoms with Crippen LogP contribution < -0.4 is 0 Å². The first-order chi connectivity index (χ1) is 12.1. The third kappa shape index (κ3) is 3.58. The second-order valence-corrected chi connectivity index (χ2v) is 5.31. The molecule has 3 rings (SSSR count). The van der Waals surface area contributed by atoms with Crippen LogP contribution in [0.4, 0.5) is 0 Å². The van der Waals surface area contributed by atoms with E-state index in [2.05, 4.69) is 9.72 Å². The van der Waals surface area contributed by atoms with Crippen molar-refractivity contribution in [3.05, 3.63) is 71.3 Å². The summed E-state index contributed by atoms with van der Waals surface area (Å²) < 4.78 is 9.98. The summed E-state index contributed by atoms with van der Waals surface area (Å²) in [7, 11) is 1.30. The lowest BCUT2D eigenvalue weighted by Gasteiger charge is -2.09. The lowest BCUT2D eigenvalue weighted by Crippen LogP contribution is -2.07. The Hall–Kier alpha value is -3.41. The van der Waals surface area contributed by atoms with Crippen molar-refractivity contribution in [1.82, 2.24) is 4.98 Å². The van der Waals surface area contributed by atoms with Crippen LogP contribution in [-0.2, 0) is 16.1 Å². The smallest absolute Gasteiger partial charge is 0.339 e. The summed E-state index contributed by atoms with van der Waals surface area (Å²) in [6.07, 6.45) is 0. The molecule has 1 aromatic heterocycles. The van der Waals surface area contributed by atoms with Gasteiger partial charge >= 0.3 is 11.9 Å². The van der Waals surface area contributed by atoms with Gasteiger partial charge in [-0.05, 0) is 23.8 Å². The fourth-order valence-electron chi connectivity index (χ4n) is 2.46. The Bertz CT molecular complexity index is 951. The minimum atomic E-state index is -0.586. The van der Waals surface area contributed by atoms with Crippen molar-refractivity contribution < 1.29 is 24.2 Å². The van der Waals surface area contributed by atoms with Crippen molar-refractivity contribution in [2.45, 2.75) is 6.61 Å². The van der Waals surface area contributed by atoms with Crippen molar-refractivity contribution in [3.8, 4) is 5.88 Å². The molecule has 0 amide bonds. The predicted molar refractivity (Wildman–Crippen MR) is 90.3 cm³/mol. The van der Waals surface area contributed by atoms with Crippen LogP contribution >= 0.6 is 0 Å². The van der Waals surface area contributed by atoms with Crippen molar-refractivity contribution in [3.63, 3.8) is 0 Å². The van der Waals surface area contributed by atoms with Crippen molar-refractivity contribution in [2.75, 3.05) is 7.11 Å². The number of nitrogens with zero attached hydrogens (tertiary/aromatic N) is 1. The van der Waals surface area contributed by atoms with Gasteiger partial charge in [-0.3, -0.25) is 0 Å². The maximum Gasteiger partial charge on any atom is 0.339 e. The fourth-order valence-corrected chi connectivity index (χ4v) is 2.46. The largest absolute Gasteiger partial charge is 0.493 e. The number of ether oxygens (including phenoxy) is 2. The Morgan fingerprint density at radius 2 is 1.84 bits per heavy atom. The van der Waals surface area contributed by atoms with Crippen LogP contribution in [0.3, 0.4) is 0 Å². The molecular weight excluding hydrogens is 322 g/mol. The van der Waals surface area contributed by atoms with Crippen LogP contribution in [0, 0.1) is 0 Å². The number of fused-ring (bicyclic) bond motifs is 1. The van der Waals surface area contributed by atoms with Gasteiger partial charge in [-0.1, -0.05) is 30.3 Å². The molecule has 0 saturated heterocycles. The number of methoxy groups -OCH3 is 1. The molecule has 0 spiro atoms. The molecule has 1 N–H and O–H groups in total. The Morgan fingerprint density at radius 1 is 1.04 bits per heavy atom. The van der Waals surface area contributed by atoms with Gasteiger partial charge in [0.05, 0.1) is 23.8 Å². The molecule has 3 aromatic rings. The minimum absolute atomic E-state index is 0.0128. The maximum absolute atomic E-state index is 12.4. The number of carbonyl (C=O) groups excluding carboxylic acids is 2. The van der Waals surface area contributed by atoms with E-state index in [1.807, 2.05) is 0 Å². The van der Waals surface area contributed by atoms with Gasteiger partial charge in [-0.15, -0.1) is 0 Å². The number of aromatic nitrogens is 1. The van der Waals surface area contributed by atoms with Crippen LogP contribution in [0.1, 0.15) is 26.3 Å². The number of rotatable bonds is 4. The van der Waals surface area contributed by atoms with Gasteiger partial charge in [0.1, 0.15) is 6.61 Å². The van der Waals surface area contributed by atoms with Gasteiger partial charge in [0, 0.05) is 11.5 Å². The predicted octanol–water partition coefficient (Wildman–Crippen LogP) is 3.08. The highest BCUT2D eigenvalue weighted by Gasteiger charge is 2.15. The number of esters is 2. The first-order valence-corrected chi connectivity index (χ1v) is 7.51. The second-order valence-electron chi connectivity index (χ2n) is 5.31. The lowest BCUT2D eigenvalue weighted by atomic mass is 10.1. The molecule has 0 saturated carbocycles. The monoisotopic (exact) mass is 337 g/mol. The molecule has 0 fully saturated rings. The van der Waals surface area contributed by atoms with E-state index in [1.165, 1.54) is 13.2 Å². The highest BCUT2D eigenvalue weighted by Crippen LogP contribution is 2.22. The molecule has 0 radical (unpaired) electrons. The molecule has 126 valence electrons. The number of aromatic hydroxyl groups is 1. The fraction of sp³-hybridized carbons (Fsp3) is 0.105. The zero-order valence-corrected chi connectivity index (χ0v) is 13.4. The highest BCUT2D eigenvalue weighted by atomic mass is 16.5. The minimum Gasteiger partial charge on any atom is -0.493 e. The molecule has 0 aliphatic carbocycles. The normalized spacial score (nSPS) is 10.4. The first-order valence-electron chi connectivity index (χ1n) is 7.51. The molecular formula is C19H15NO5. The van der Waals surface area contributed by atoms with Crippen LogP contribution in [0.5, 0.6) is 5.88 Å². The van der Waals surface area contributed by atoms with Gasteiger partial charge in [-0.25, -0.2) is 14.6 Å². The van der Waals surface area contributed by atoms with Gasteiger partial charge in [0.2, 0.25) is 5.88 Å². The number of hydrogen-bond donors (Lipinski definition) is 1. The molecule has 25 heavy (non-hydrogen) atoms. The summed E-state index contributed by atoms with van der Waals surface area (Å²) in [5.41, 5.74) is 1.76. The highest BCUT2D eigenvalue weighted by molar-refractivity contribution is 6.03. The summed E-state index contributed by atoms with van der Waals surface area (Å²) in [6.45, 7) is -0.0128. The molecule has 0 bridgehead atoms. The van der Waals surface area contributed by atoms with E-state index < -0.39 is 11.9 Å². The third-order valence-electron chi connectivity index (χ3n) is 3.64. The molecule has 0 atom stereocenters. The van der Waals surface area contributed by atoms with E-state index in [-0.39, 0.29) is 18.1 Å².